The minimum Gasteiger partial charge on any atom is -0.478 e. The third kappa shape index (κ3) is 4.52. The van der Waals surface area contributed by atoms with Gasteiger partial charge in [0, 0.05) is 10.5 Å². The number of benzene rings is 1. The summed E-state index contributed by atoms with van der Waals surface area (Å²) in [5.41, 5.74) is 0.553. The van der Waals surface area contributed by atoms with Crippen LogP contribution in [-0.2, 0) is 0 Å². The Hall–Kier alpha value is -1.56. The van der Waals surface area contributed by atoms with Crippen molar-refractivity contribution in [1.82, 2.24) is 5.32 Å². The van der Waals surface area contributed by atoms with Crippen molar-refractivity contribution in [3.8, 4) is 0 Å². The summed E-state index contributed by atoms with van der Waals surface area (Å²) in [6, 6.07) is 4.18. The van der Waals surface area contributed by atoms with Crippen molar-refractivity contribution in [3.63, 3.8) is 0 Å². The molecule has 2 amide bonds. The van der Waals surface area contributed by atoms with Crippen molar-refractivity contribution in [2.75, 3.05) is 5.32 Å². The first kappa shape index (κ1) is 16.5. The number of hydrogen-bond donors (Lipinski definition) is 3. The average Bonchev–Trinajstić information content (AvgIpc) is 2.39. The molecule has 0 aromatic heterocycles. The topological polar surface area (TPSA) is 78.4 Å². The maximum Gasteiger partial charge on any atom is 0.335 e. The number of aromatic carboxylic acids is 1. The molecule has 0 heterocycles. The van der Waals surface area contributed by atoms with Gasteiger partial charge >= 0.3 is 12.0 Å². The van der Waals surface area contributed by atoms with Gasteiger partial charge in [-0.1, -0.05) is 20.3 Å². The second kappa shape index (κ2) is 7.28. The van der Waals surface area contributed by atoms with E-state index in [-0.39, 0.29) is 17.6 Å². The number of carbonyl (C=O) groups is 2. The number of carboxylic acid groups (broad SMARTS) is 1. The quantitative estimate of drug-likeness (QED) is 0.763. The smallest absolute Gasteiger partial charge is 0.335 e. The number of hydrogen-bond acceptors (Lipinski definition) is 2. The zero-order valence-corrected chi connectivity index (χ0v) is 13.3. The summed E-state index contributed by atoms with van der Waals surface area (Å²) in [7, 11) is 0. The first-order valence-electron chi connectivity index (χ1n) is 6.45. The van der Waals surface area contributed by atoms with Gasteiger partial charge in [-0.15, -0.1) is 0 Å². The number of nitrogens with one attached hydrogen (secondary N) is 2. The lowest BCUT2D eigenvalue weighted by molar-refractivity contribution is 0.0697. The maximum atomic E-state index is 11.9. The van der Waals surface area contributed by atoms with Gasteiger partial charge in [-0.2, -0.15) is 0 Å². The van der Waals surface area contributed by atoms with E-state index in [1.54, 1.807) is 6.07 Å². The van der Waals surface area contributed by atoms with Crippen LogP contribution in [-0.4, -0.2) is 23.1 Å². The fourth-order valence-corrected chi connectivity index (χ4v) is 1.96. The van der Waals surface area contributed by atoms with Gasteiger partial charge in [0.1, 0.15) is 0 Å². The number of carbonyl (C=O) groups excluding carboxylic acids is 1. The molecule has 0 aliphatic rings. The van der Waals surface area contributed by atoms with Crippen LogP contribution in [0, 0.1) is 5.92 Å². The summed E-state index contributed by atoms with van der Waals surface area (Å²) >= 11 is 3.28. The van der Waals surface area contributed by atoms with E-state index in [2.05, 4.69) is 40.4 Å². The minimum atomic E-state index is -1.03. The highest BCUT2D eigenvalue weighted by atomic mass is 79.9. The van der Waals surface area contributed by atoms with E-state index in [0.717, 1.165) is 6.42 Å². The molecule has 0 saturated carbocycles. The summed E-state index contributed by atoms with van der Waals surface area (Å²) in [6.45, 7) is 6.07. The van der Waals surface area contributed by atoms with Crippen molar-refractivity contribution in [2.24, 2.45) is 5.92 Å². The van der Waals surface area contributed by atoms with E-state index in [1.165, 1.54) is 12.1 Å². The molecular formula is C14H19BrN2O3. The Balaban J connectivity index is 2.75. The van der Waals surface area contributed by atoms with Gasteiger partial charge in [-0.05, 0) is 47.0 Å². The molecule has 0 aliphatic carbocycles. The Labute approximate surface area is 126 Å². The van der Waals surface area contributed by atoms with Gasteiger partial charge in [-0.25, -0.2) is 9.59 Å². The summed E-state index contributed by atoms with van der Waals surface area (Å²) in [5.74, 6) is -0.663. The minimum absolute atomic E-state index is 0.0430. The molecule has 1 aromatic carbocycles. The fourth-order valence-electron chi connectivity index (χ4n) is 1.62. The Morgan fingerprint density at radius 2 is 2.00 bits per heavy atom. The molecule has 0 radical (unpaired) electrons. The zero-order valence-electron chi connectivity index (χ0n) is 11.7. The Morgan fingerprint density at radius 3 is 2.55 bits per heavy atom. The Morgan fingerprint density at radius 1 is 1.35 bits per heavy atom. The van der Waals surface area contributed by atoms with Crippen LogP contribution in [0.1, 0.15) is 37.6 Å². The monoisotopic (exact) mass is 342 g/mol. The van der Waals surface area contributed by atoms with Crippen LogP contribution >= 0.6 is 15.9 Å². The summed E-state index contributed by atoms with van der Waals surface area (Å²) < 4.78 is 0.633. The lowest BCUT2D eigenvalue weighted by Crippen LogP contribution is -2.39. The van der Waals surface area contributed by atoms with Crippen molar-refractivity contribution in [2.45, 2.75) is 33.2 Å². The Bertz CT molecular complexity index is 505. The number of urea groups is 1. The third-order valence-electron chi connectivity index (χ3n) is 3.32. The highest BCUT2D eigenvalue weighted by Crippen LogP contribution is 2.23. The Kier molecular flexibility index (Phi) is 6.01. The summed E-state index contributed by atoms with van der Waals surface area (Å²) in [4.78, 5) is 22.8. The standard InChI is InChI=1S/C14H19BrN2O3/c1-4-8(2)9(3)16-14(20)17-12-7-10(13(18)19)5-6-11(12)15/h5-9H,4H2,1-3H3,(H,18,19)(H2,16,17,20). The van der Waals surface area contributed by atoms with Gasteiger partial charge in [0.25, 0.3) is 0 Å². The van der Waals surface area contributed by atoms with Crippen LogP contribution in [0.4, 0.5) is 10.5 Å². The van der Waals surface area contributed by atoms with Gasteiger partial charge in [0.05, 0.1) is 11.3 Å². The van der Waals surface area contributed by atoms with E-state index in [1.807, 2.05) is 6.92 Å². The molecule has 0 aliphatic heterocycles. The predicted molar refractivity (Wildman–Crippen MR) is 82.2 cm³/mol. The second-order valence-electron chi connectivity index (χ2n) is 4.77. The zero-order chi connectivity index (χ0) is 15.3. The van der Waals surface area contributed by atoms with Crippen LogP contribution in [0.3, 0.4) is 0 Å². The number of carboxylic acids is 1. The summed E-state index contributed by atoms with van der Waals surface area (Å²) in [5, 5.41) is 14.4. The van der Waals surface area contributed by atoms with Gasteiger partial charge in [0.15, 0.2) is 0 Å². The van der Waals surface area contributed by atoms with Gasteiger partial charge in [-0.3, -0.25) is 0 Å². The van der Waals surface area contributed by atoms with Gasteiger partial charge in [0.2, 0.25) is 0 Å². The molecule has 1 rings (SSSR count). The fraction of sp³-hybridized carbons (Fsp3) is 0.429. The normalized spacial score (nSPS) is 13.4. The second-order valence-corrected chi connectivity index (χ2v) is 5.63. The molecule has 0 bridgehead atoms. The SMILES string of the molecule is CCC(C)C(C)NC(=O)Nc1cc(C(=O)O)ccc1Br. The van der Waals surface area contributed by atoms with Crippen molar-refractivity contribution < 1.29 is 14.7 Å². The van der Waals surface area contributed by atoms with Crippen LogP contribution in [0.5, 0.6) is 0 Å². The lowest BCUT2D eigenvalue weighted by atomic mass is 10.0. The van der Waals surface area contributed by atoms with Crippen LogP contribution in [0.2, 0.25) is 0 Å². The molecule has 2 atom stereocenters. The highest BCUT2D eigenvalue weighted by molar-refractivity contribution is 9.10. The maximum absolute atomic E-state index is 11.9. The number of amides is 2. The highest BCUT2D eigenvalue weighted by Gasteiger charge is 2.14. The molecule has 1 aromatic rings. The molecule has 20 heavy (non-hydrogen) atoms. The molecule has 0 fully saturated rings. The predicted octanol–water partition coefficient (Wildman–Crippen LogP) is 3.70. The van der Waals surface area contributed by atoms with E-state index >= 15 is 0 Å². The molecule has 2 unspecified atom stereocenters. The number of anilines is 1. The lowest BCUT2D eigenvalue weighted by Gasteiger charge is -2.20. The number of rotatable bonds is 5. The number of halogens is 1. The van der Waals surface area contributed by atoms with Crippen molar-refractivity contribution in [3.05, 3.63) is 28.2 Å². The third-order valence-corrected chi connectivity index (χ3v) is 4.01. The van der Waals surface area contributed by atoms with E-state index < -0.39 is 5.97 Å². The molecule has 0 spiro atoms. The molecule has 3 N–H and O–H groups in total. The van der Waals surface area contributed by atoms with Crippen LogP contribution in [0.15, 0.2) is 22.7 Å². The van der Waals surface area contributed by atoms with Crippen molar-refractivity contribution >= 4 is 33.6 Å². The van der Waals surface area contributed by atoms with Crippen LogP contribution in [0.25, 0.3) is 0 Å². The molecule has 5 nitrogen and oxygen atoms in total. The van der Waals surface area contributed by atoms with Crippen molar-refractivity contribution in [1.29, 1.82) is 0 Å². The molecule has 6 heteroatoms. The molecular weight excluding hydrogens is 324 g/mol. The van der Waals surface area contributed by atoms with E-state index in [9.17, 15) is 9.59 Å². The van der Waals surface area contributed by atoms with Gasteiger partial charge < -0.3 is 15.7 Å². The van der Waals surface area contributed by atoms with Crippen LogP contribution < -0.4 is 10.6 Å². The molecule has 0 saturated heterocycles. The van der Waals surface area contributed by atoms with E-state index in [0.29, 0.717) is 16.1 Å². The summed E-state index contributed by atoms with van der Waals surface area (Å²) in [6.07, 6.45) is 0.972. The molecule has 110 valence electrons. The first-order chi connectivity index (χ1) is 9.35. The largest absolute Gasteiger partial charge is 0.478 e. The average molecular weight is 343 g/mol. The first-order valence-corrected chi connectivity index (χ1v) is 7.24. The van der Waals surface area contributed by atoms with E-state index in [4.69, 9.17) is 5.11 Å².